The molecule has 0 fully saturated rings. The van der Waals surface area contributed by atoms with Crippen LogP contribution in [0.4, 0.5) is 0 Å². The van der Waals surface area contributed by atoms with Crippen LogP contribution in [0, 0.1) is 94.0 Å². The van der Waals surface area contributed by atoms with Crippen molar-refractivity contribution in [2.45, 2.75) is 130 Å². The Morgan fingerprint density at radius 3 is 1.01 bits per heavy atom. The molecule has 0 atom stereocenters. The van der Waals surface area contributed by atoms with E-state index in [4.69, 9.17) is 29.7 Å². The third-order valence-electron chi connectivity index (χ3n) is 17.4. The van der Waals surface area contributed by atoms with Gasteiger partial charge in [-0.25, -0.2) is 15.0 Å². The summed E-state index contributed by atoms with van der Waals surface area (Å²) in [6, 6.07) is 86.5. The van der Waals surface area contributed by atoms with Crippen molar-refractivity contribution in [3.8, 4) is 67.5 Å². The van der Waals surface area contributed by atoms with Crippen LogP contribution in [0.5, 0.6) is 0 Å². The number of aromatic nitrogens is 9. The second-order valence-electron chi connectivity index (χ2n) is 30.3. The van der Waals surface area contributed by atoms with Crippen molar-refractivity contribution in [1.82, 2.24) is 44.9 Å². The molecule has 0 amide bonds. The van der Waals surface area contributed by atoms with Gasteiger partial charge >= 0.3 is 0 Å². The zero-order chi connectivity index (χ0) is 90.5. The molecule has 0 saturated carbocycles. The second kappa shape index (κ2) is 40.9. The summed E-state index contributed by atoms with van der Waals surface area (Å²) in [5, 5.41) is 5.72. The first kappa shape index (κ1) is 74.6. The molecule has 0 aliphatic rings. The van der Waals surface area contributed by atoms with E-state index in [1.165, 1.54) is 12.4 Å². The monoisotopic (exact) mass is 2100 g/mol. The van der Waals surface area contributed by atoms with Crippen molar-refractivity contribution in [2.75, 3.05) is 0 Å². The Kier molecular flexibility index (Phi) is 25.9. The fourth-order valence-electron chi connectivity index (χ4n) is 12.4. The number of nitrogens with zero attached hydrogens (tertiary/aromatic N) is 9. The number of rotatable bonds is 9. The third kappa shape index (κ3) is 23.9. The Morgan fingerprint density at radius 2 is 0.686 bits per heavy atom. The molecule has 12 heterocycles. The Labute approximate surface area is 752 Å². The molecular weight excluding hydrogens is 1990 g/mol. The van der Waals surface area contributed by atoms with Crippen LogP contribution in [0.1, 0.15) is 137 Å². The second-order valence-corrected chi connectivity index (χ2v) is 30.3. The minimum absolute atomic E-state index is 0. The summed E-state index contributed by atoms with van der Waals surface area (Å²) in [5.74, 6) is 0. The van der Waals surface area contributed by atoms with E-state index in [0.717, 1.165) is 105 Å². The zero-order valence-corrected chi connectivity index (χ0v) is 74.2. The number of hydrogen-bond donors (Lipinski definition) is 0. The minimum Gasteiger partial charge on any atom is -0.486 e. The molecule has 18 aromatic rings. The predicted molar refractivity (Wildman–Crippen MR) is 471 cm³/mol. The Bertz CT molecular complexity index is 6380. The fourth-order valence-corrected chi connectivity index (χ4v) is 12.4. The molecule has 3 radical (unpaired) electrons. The van der Waals surface area contributed by atoms with Gasteiger partial charge < -0.3 is 43.2 Å². The van der Waals surface area contributed by atoms with Gasteiger partial charge in [0.05, 0.1) is 16.7 Å². The van der Waals surface area contributed by atoms with E-state index in [0.29, 0.717) is 73.2 Å². The van der Waals surface area contributed by atoms with Gasteiger partial charge in [0.1, 0.15) is 0 Å². The molecule has 0 saturated heterocycles. The largest absolute Gasteiger partial charge is 0.486 e. The summed E-state index contributed by atoms with van der Waals surface area (Å²) in [6.07, 6.45) is 5.06. The van der Waals surface area contributed by atoms with Crippen LogP contribution in [0.25, 0.3) is 134 Å². The smallest absolute Gasteiger partial charge is 0.216 e. The first-order valence-electron chi connectivity index (χ1n) is 43.4. The Morgan fingerprint density at radius 1 is 0.322 bits per heavy atom. The molecule has 605 valence electrons. The van der Waals surface area contributed by atoms with Crippen molar-refractivity contribution in [1.29, 1.82) is 0 Å². The molecule has 0 spiro atoms. The molecular formula is C103H97Ir3N9O3-6. The first-order valence-corrected chi connectivity index (χ1v) is 37.4. The standard InChI is InChI=1S/3C22H21N2O.C13H12N.C12H10N.C11H8N.CH4.3Ir/c3*1-14-8-9-17-16-6-5-7-18(20(16)25-21(17)24-14)19-12-15(10-11-23-19)13-22(2,3)4;1-10-8-13(14-9-11(10)2)12-6-4-3-5-7-12;1-10-7-8-12(13-9-10)11-5-3-2-4-6-11;1-2-6-10(7-3-1)11-8-4-5-9-12-11;;;;/h3*5-6,8-12H,13H2,1-4H3;3-6,8-9H,1-2H3;2-5,7-9H,1H3;1-6,8-9H;1H4;;;/q6*-1;;;;/i3*13D2;2D3;1D3;;;;;. The molecule has 118 heavy (non-hydrogen) atoms. The van der Waals surface area contributed by atoms with Gasteiger partial charge in [-0.2, -0.15) is 0 Å². The topological polar surface area (TPSA) is 155 Å². The van der Waals surface area contributed by atoms with Gasteiger partial charge in [0, 0.05) is 147 Å². The van der Waals surface area contributed by atoms with E-state index in [2.05, 4.69) is 81.3 Å². The summed E-state index contributed by atoms with van der Waals surface area (Å²) >= 11 is 0. The predicted octanol–water partition coefficient (Wildman–Crippen LogP) is 26.4. The number of aryl methyl sites for hydroxylation is 6. The van der Waals surface area contributed by atoms with Gasteiger partial charge in [-0.05, 0) is 183 Å². The van der Waals surface area contributed by atoms with Crippen LogP contribution in [0.2, 0.25) is 0 Å². The van der Waals surface area contributed by atoms with Gasteiger partial charge in [-0.1, -0.05) is 173 Å². The quantitative estimate of drug-likeness (QED) is 0.126. The van der Waals surface area contributed by atoms with Crippen molar-refractivity contribution in [3.63, 3.8) is 0 Å². The molecule has 0 aliphatic carbocycles. The molecule has 0 unspecified atom stereocenters. The van der Waals surface area contributed by atoms with Crippen LogP contribution in [-0.2, 0) is 79.4 Å². The normalized spacial score (nSPS) is 13.1. The average Bonchev–Trinajstić information content (AvgIpc) is 1.48. The number of furan rings is 3. The van der Waals surface area contributed by atoms with Gasteiger partial charge in [-0.3, -0.25) is 0 Å². The van der Waals surface area contributed by atoms with Crippen molar-refractivity contribution in [3.05, 3.63) is 342 Å². The average molecular weight is 2100 g/mol. The molecule has 0 aliphatic heterocycles. The molecule has 6 aromatic carbocycles. The van der Waals surface area contributed by atoms with Crippen LogP contribution >= 0.6 is 0 Å². The summed E-state index contributed by atoms with van der Waals surface area (Å²) in [4.78, 5) is 39.3. The van der Waals surface area contributed by atoms with Gasteiger partial charge in [-0.15, -0.1) is 162 Å². The van der Waals surface area contributed by atoms with E-state index in [1.54, 1.807) is 92.4 Å². The van der Waals surface area contributed by atoms with Crippen LogP contribution in [-0.4, -0.2) is 44.9 Å². The summed E-state index contributed by atoms with van der Waals surface area (Å²) in [7, 11) is 0. The van der Waals surface area contributed by atoms with E-state index >= 15 is 0 Å². The Hall–Kier alpha value is -11.0. The molecule has 15 heteroatoms. The molecule has 0 bridgehead atoms. The van der Waals surface area contributed by atoms with Crippen LogP contribution < -0.4 is 0 Å². The van der Waals surface area contributed by atoms with E-state index in [9.17, 15) is 0 Å². The van der Waals surface area contributed by atoms with E-state index < -0.39 is 49.1 Å². The summed E-state index contributed by atoms with van der Waals surface area (Å²) in [5.41, 5.74) is 17.2. The zero-order valence-electron chi connectivity index (χ0n) is 79.0. The number of pyridine rings is 9. The van der Waals surface area contributed by atoms with E-state index in [1.807, 2.05) is 241 Å². The van der Waals surface area contributed by atoms with Gasteiger partial charge in [0.2, 0.25) is 17.1 Å². The van der Waals surface area contributed by atoms with Gasteiger partial charge in [0.25, 0.3) is 0 Å². The molecule has 0 N–H and O–H groups in total. The number of hydrogen-bond acceptors (Lipinski definition) is 12. The number of benzene rings is 6. The fraction of sp³-hybridized carbons (Fsp3) is 0.214. The van der Waals surface area contributed by atoms with Crippen molar-refractivity contribution < 1.29 is 90.0 Å². The molecule has 12 aromatic heterocycles. The van der Waals surface area contributed by atoms with Crippen molar-refractivity contribution >= 4 is 66.2 Å². The maximum atomic E-state index is 8.55. The van der Waals surface area contributed by atoms with Gasteiger partial charge in [0.15, 0.2) is 0 Å². The first-order chi connectivity index (χ1) is 59.6. The number of fused-ring (bicyclic) bond motifs is 9. The minimum atomic E-state index is -2.10. The summed E-state index contributed by atoms with van der Waals surface area (Å²) < 4.78 is 113. The van der Waals surface area contributed by atoms with E-state index in [-0.39, 0.29) is 73.3 Å². The summed E-state index contributed by atoms with van der Waals surface area (Å²) in [6.45, 7) is 20.4. The third-order valence-corrected chi connectivity index (χ3v) is 17.4. The van der Waals surface area contributed by atoms with Crippen LogP contribution in [0.15, 0.2) is 269 Å². The van der Waals surface area contributed by atoms with Crippen molar-refractivity contribution in [2.24, 2.45) is 16.2 Å². The Balaban J connectivity index is 0.000000178. The SMILES string of the molecule is C.[2H]C([2H])([2H])c1ccc(-c2[c-]cccc2)nc1.[2H]C([2H])([2H])c1cnc(-c2[c-]cccc2)cc1C.[2H]C([2H])(c1ccnc(-c2[c-]ccc3c2oc2nc(C)ccc23)c1)C(C)(C)C.[2H]C([2H])(c1ccnc(-c2[c-]ccc3c2oc2nc(C)ccc23)c1)C(C)(C)C.[2H]C([2H])(c1ccnc(-c2[c-]ccc3c2oc2nc(C)ccc23)c1)C(C)(C)C.[Ir].[Ir].[Ir].[c-]1ccccc1-c1ccccn1. The maximum Gasteiger partial charge on any atom is 0.216 e. The molecule has 12 nitrogen and oxygen atoms in total. The van der Waals surface area contributed by atoms with Crippen LogP contribution in [0.3, 0.4) is 0 Å². The molecule has 18 rings (SSSR count). The maximum absolute atomic E-state index is 8.55.